The highest BCUT2D eigenvalue weighted by atomic mass is 32.2. The van der Waals surface area contributed by atoms with Crippen LogP contribution in [0, 0.1) is 5.92 Å². The minimum Gasteiger partial charge on any atom is -0.506 e. The lowest BCUT2D eigenvalue weighted by Gasteiger charge is -2.21. The second-order valence-electron chi connectivity index (χ2n) is 4.63. The van der Waals surface area contributed by atoms with Gasteiger partial charge in [-0.05, 0) is 48.5 Å². The summed E-state index contributed by atoms with van der Waals surface area (Å²) in [5.74, 6) is 2.49. The molecular formula is C12H18N2O3S2. The zero-order chi connectivity index (χ0) is 13.9. The monoisotopic (exact) mass is 302 g/mol. The molecule has 1 heterocycles. The van der Waals surface area contributed by atoms with E-state index in [9.17, 15) is 13.5 Å². The standard InChI is InChI=1S/C12H18N2O3S2/c13-11-7-10(1-2-12(11)15)19(16,17)14-8-9-3-5-18-6-4-9/h1-2,7,9,14-15H,3-6,8,13H2. The molecule has 0 amide bonds. The predicted octanol–water partition coefficient (Wildman–Crippen LogP) is 1.40. The van der Waals surface area contributed by atoms with Crippen LogP contribution in [0.25, 0.3) is 0 Å². The summed E-state index contributed by atoms with van der Waals surface area (Å²) in [5, 5.41) is 9.30. The van der Waals surface area contributed by atoms with E-state index in [1.807, 2.05) is 11.8 Å². The van der Waals surface area contributed by atoms with Crippen LogP contribution in [-0.4, -0.2) is 31.6 Å². The van der Waals surface area contributed by atoms with E-state index in [4.69, 9.17) is 5.73 Å². The molecular weight excluding hydrogens is 284 g/mol. The summed E-state index contributed by atoms with van der Waals surface area (Å²) in [5.41, 5.74) is 5.58. The summed E-state index contributed by atoms with van der Waals surface area (Å²) < 4.78 is 26.8. The largest absolute Gasteiger partial charge is 0.506 e. The van der Waals surface area contributed by atoms with E-state index in [1.54, 1.807) is 0 Å². The molecule has 0 radical (unpaired) electrons. The Kier molecular flexibility index (Phi) is 4.59. The molecule has 1 aromatic carbocycles. The fraction of sp³-hybridized carbons (Fsp3) is 0.500. The van der Waals surface area contributed by atoms with Gasteiger partial charge in [-0.1, -0.05) is 0 Å². The van der Waals surface area contributed by atoms with Crippen molar-refractivity contribution in [2.75, 3.05) is 23.8 Å². The van der Waals surface area contributed by atoms with Crippen molar-refractivity contribution >= 4 is 27.5 Å². The Bertz CT molecular complexity index is 540. The van der Waals surface area contributed by atoms with Crippen LogP contribution in [-0.2, 0) is 10.0 Å². The van der Waals surface area contributed by atoms with E-state index in [-0.39, 0.29) is 16.3 Å². The van der Waals surface area contributed by atoms with Gasteiger partial charge in [-0.15, -0.1) is 0 Å². The topological polar surface area (TPSA) is 92.4 Å². The molecule has 7 heteroatoms. The van der Waals surface area contributed by atoms with Crippen LogP contribution in [0.1, 0.15) is 12.8 Å². The van der Waals surface area contributed by atoms with E-state index in [0.29, 0.717) is 12.5 Å². The minimum atomic E-state index is -3.55. The Hall–Kier alpha value is -0.920. The Morgan fingerprint density at radius 1 is 1.37 bits per heavy atom. The Labute approximate surface area is 117 Å². The minimum absolute atomic E-state index is 0.0666. The van der Waals surface area contributed by atoms with Crippen LogP contribution in [0.4, 0.5) is 5.69 Å². The van der Waals surface area contributed by atoms with Crippen LogP contribution >= 0.6 is 11.8 Å². The highest BCUT2D eigenvalue weighted by Gasteiger charge is 2.19. The first-order chi connectivity index (χ1) is 8.99. The average molecular weight is 302 g/mol. The van der Waals surface area contributed by atoms with Gasteiger partial charge in [-0.3, -0.25) is 0 Å². The fourth-order valence-electron chi connectivity index (χ4n) is 1.96. The first kappa shape index (κ1) is 14.5. The van der Waals surface area contributed by atoms with Crippen molar-refractivity contribution in [3.05, 3.63) is 18.2 Å². The van der Waals surface area contributed by atoms with Gasteiger partial charge < -0.3 is 10.8 Å². The molecule has 106 valence electrons. The summed E-state index contributed by atoms with van der Waals surface area (Å²) in [4.78, 5) is 0.0907. The summed E-state index contributed by atoms with van der Waals surface area (Å²) in [6.45, 7) is 0.462. The van der Waals surface area contributed by atoms with Crippen LogP contribution in [0.5, 0.6) is 5.75 Å². The van der Waals surface area contributed by atoms with Crippen LogP contribution in [0.3, 0.4) is 0 Å². The van der Waals surface area contributed by atoms with E-state index in [1.165, 1.54) is 18.2 Å². The summed E-state index contributed by atoms with van der Waals surface area (Å²) in [7, 11) is -3.55. The summed E-state index contributed by atoms with van der Waals surface area (Å²) >= 11 is 1.91. The number of phenols is 1. The molecule has 5 nitrogen and oxygen atoms in total. The van der Waals surface area contributed by atoms with Crippen LogP contribution in [0.2, 0.25) is 0 Å². The number of rotatable bonds is 4. The maximum absolute atomic E-state index is 12.1. The molecule has 4 N–H and O–H groups in total. The predicted molar refractivity (Wildman–Crippen MR) is 77.8 cm³/mol. The number of hydrogen-bond acceptors (Lipinski definition) is 5. The molecule has 0 bridgehead atoms. The van der Waals surface area contributed by atoms with Crippen molar-refractivity contribution < 1.29 is 13.5 Å². The van der Waals surface area contributed by atoms with Crippen molar-refractivity contribution in [1.82, 2.24) is 4.72 Å². The fourth-order valence-corrected chi connectivity index (χ4v) is 4.32. The molecule has 1 aliphatic heterocycles. The molecule has 0 unspecified atom stereocenters. The number of thioether (sulfide) groups is 1. The normalized spacial score (nSPS) is 17.5. The number of anilines is 1. The Morgan fingerprint density at radius 2 is 2.05 bits per heavy atom. The molecule has 0 atom stereocenters. The van der Waals surface area contributed by atoms with Gasteiger partial charge in [-0.2, -0.15) is 11.8 Å². The number of phenolic OH excluding ortho intramolecular Hbond substituents is 1. The maximum atomic E-state index is 12.1. The SMILES string of the molecule is Nc1cc(S(=O)(=O)NCC2CCSCC2)ccc1O. The third-order valence-electron chi connectivity index (χ3n) is 3.21. The molecule has 1 saturated heterocycles. The summed E-state index contributed by atoms with van der Waals surface area (Å²) in [6.07, 6.45) is 2.09. The quantitative estimate of drug-likeness (QED) is 0.577. The molecule has 0 aromatic heterocycles. The molecule has 1 aromatic rings. The van der Waals surface area contributed by atoms with E-state index >= 15 is 0 Å². The average Bonchev–Trinajstić information content (AvgIpc) is 2.41. The first-order valence-electron chi connectivity index (χ1n) is 6.15. The Morgan fingerprint density at radius 3 is 2.68 bits per heavy atom. The second-order valence-corrected chi connectivity index (χ2v) is 7.62. The second kappa shape index (κ2) is 6.02. The number of nitrogens with two attached hydrogens (primary N) is 1. The number of benzene rings is 1. The lowest BCUT2D eigenvalue weighted by Crippen LogP contribution is -2.31. The molecule has 0 spiro atoms. The van der Waals surface area contributed by atoms with Crippen molar-refractivity contribution in [2.45, 2.75) is 17.7 Å². The van der Waals surface area contributed by atoms with Gasteiger partial charge in [0.25, 0.3) is 0 Å². The highest BCUT2D eigenvalue weighted by Crippen LogP contribution is 2.24. The lowest BCUT2D eigenvalue weighted by molar-refractivity contribution is 0.475. The van der Waals surface area contributed by atoms with Crippen molar-refractivity contribution in [3.8, 4) is 5.75 Å². The van der Waals surface area contributed by atoms with E-state index in [2.05, 4.69) is 4.72 Å². The zero-order valence-electron chi connectivity index (χ0n) is 10.5. The Balaban J connectivity index is 2.02. The third-order valence-corrected chi connectivity index (χ3v) is 5.68. The summed E-state index contributed by atoms with van der Waals surface area (Å²) in [6, 6.07) is 3.92. The number of nitrogen functional groups attached to an aromatic ring is 1. The van der Waals surface area contributed by atoms with Gasteiger partial charge >= 0.3 is 0 Å². The van der Waals surface area contributed by atoms with Gasteiger partial charge in [0.15, 0.2) is 0 Å². The molecule has 1 fully saturated rings. The third kappa shape index (κ3) is 3.77. The van der Waals surface area contributed by atoms with Crippen molar-refractivity contribution in [2.24, 2.45) is 5.92 Å². The van der Waals surface area contributed by atoms with Gasteiger partial charge in [0.2, 0.25) is 10.0 Å². The maximum Gasteiger partial charge on any atom is 0.240 e. The number of sulfonamides is 1. The number of nitrogens with one attached hydrogen (secondary N) is 1. The van der Waals surface area contributed by atoms with Gasteiger partial charge in [0.1, 0.15) is 5.75 Å². The lowest BCUT2D eigenvalue weighted by atomic mass is 10.0. The van der Waals surface area contributed by atoms with Crippen molar-refractivity contribution in [1.29, 1.82) is 0 Å². The zero-order valence-corrected chi connectivity index (χ0v) is 12.1. The van der Waals surface area contributed by atoms with Crippen LogP contribution < -0.4 is 10.5 Å². The van der Waals surface area contributed by atoms with E-state index < -0.39 is 10.0 Å². The molecule has 1 aliphatic rings. The first-order valence-corrected chi connectivity index (χ1v) is 8.79. The van der Waals surface area contributed by atoms with Gasteiger partial charge in [-0.25, -0.2) is 13.1 Å². The van der Waals surface area contributed by atoms with Crippen molar-refractivity contribution in [3.63, 3.8) is 0 Å². The van der Waals surface area contributed by atoms with Gasteiger partial charge in [0, 0.05) is 6.54 Å². The molecule has 0 saturated carbocycles. The molecule has 19 heavy (non-hydrogen) atoms. The number of hydrogen-bond donors (Lipinski definition) is 3. The smallest absolute Gasteiger partial charge is 0.240 e. The van der Waals surface area contributed by atoms with E-state index in [0.717, 1.165) is 24.3 Å². The molecule has 0 aliphatic carbocycles. The number of aromatic hydroxyl groups is 1. The molecule has 2 rings (SSSR count). The van der Waals surface area contributed by atoms with Crippen LogP contribution in [0.15, 0.2) is 23.1 Å². The highest BCUT2D eigenvalue weighted by molar-refractivity contribution is 7.99. The van der Waals surface area contributed by atoms with Gasteiger partial charge in [0.05, 0.1) is 10.6 Å².